The van der Waals surface area contributed by atoms with E-state index in [2.05, 4.69) is 18.8 Å². The van der Waals surface area contributed by atoms with Gasteiger partial charge in [-0.25, -0.2) is 0 Å². The van der Waals surface area contributed by atoms with Gasteiger partial charge in [-0.15, -0.1) is 0 Å². The standard InChI is InChI=1S/C8H13NO/c1-3-8(10)9-7-4-6(2)5-7/h3,6-7H,1,4-5H2,2H3,(H,9,10)/t6-,7+. The molecule has 1 fully saturated rings. The molecule has 56 valence electrons. The Morgan fingerprint density at radius 3 is 2.70 bits per heavy atom. The van der Waals surface area contributed by atoms with Crippen LogP contribution in [0.5, 0.6) is 0 Å². The fraction of sp³-hybridized carbons (Fsp3) is 0.625. The second-order valence-electron chi connectivity index (χ2n) is 2.99. The maximum absolute atomic E-state index is 10.7. The number of hydrogen-bond acceptors (Lipinski definition) is 1. The molecule has 2 heteroatoms. The summed E-state index contributed by atoms with van der Waals surface area (Å²) < 4.78 is 0. The summed E-state index contributed by atoms with van der Waals surface area (Å²) in [5.74, 6) is 0.743. The van der Waals surface area contributed by atoms with Gasteiger partial charge in [0, 0.05) is 6.04 Å². The zero-order valence-corrected chi connectivity index (χ0v) is 6.26. The fourth-order valence-electron chi connectivity index (χ4n) is 1.28. The highest BCUT2D eigenvalue weighted by atomic mass is 16.1. The molecule has 1 rings (SSSR count). The predicted octanol–water partition coefficient (Wildman–Crippen LogP) is 1.09. The zero-order valence-electron chi connectivity index (χ0n) is 6.26. The van der Waals surface area contributed by atoms with Crippen molar-refractivity contribution in [3.05, 3.63) is 12.7 Å². The highest BCUT2D eigenvalue weighted by molar-refractivity contribution is 5.87. The molecule has 0 aromatic heterocycles. The molecule has 0 aromatic rings. The van der Waals surface area contributed by atoms with Gasteiger partial charge in [0.25, 0.3) is 0 Å². The topological polar surface area (TPSA) is 29.1 Å². The Hall–Kier alpha value is -0.790. The predicted molar refractivity (Wildman–Crippen MR) is 40.5 cm³/mol. The summed E-state index contributed by atoms with van der Waals surface area (Å²) in [6.45, 7) is 5.57. The van der Waals surface area contributed by atoms with Crippen molar-refractivity contribution >= 4 is 5.91 Å². The highest BCUT2D eigenvalue weighted by Gasteiger charge is 2.25. The van der Waals surface area contributed by atoms with Gasteiger partial charge in [-0.3, -0.25) is 4.79 Å². The first-order valence-electron chi connectivity index (χ1n) is 3.65. The molecule has 0 radical (unpaired) electrons. The molecule has 0 aliphatic heterocycles. The Kier molecular flexibility index (Phi) is 2.10. The Bertz CT molecular complexity index is 147. The quantitative estimate of drug-likeness (QED) is 0.570. The van der Waals surface area contributed by atoms with Crippen LogP contribution in [0.3, 0.4) is 0 Å². The average Bonchev–Trinajstić information content (AvgIpc) is 1.84. The van der Waals surface area contributed by atoms with Crippen molar-refractivity contribution in [1.82, 2.24) is 5.32 Å². The van der Waals surface area contributed by atoms with Crippen molar-refractivity contribution in [3.63, 3.8) is 0 Å². The van der Waals surface area contributed by atoms with E-state index < -0.39 is 0 Å². The van der Waals surface area contributed by atoms with Crippen molar-refractivity contribution in [2.45, 2.75) is 25.8 Å². The van der Waals surface area contributed by atoms with Crippen LogP contribution in [0, 0.1) is 5.92 Å². The molecule has 0 heterocycles. The molecule has 2 nitrogen and oxygen atoms in total. The van der Waals surface area contributed by atoms with Gasteiger partial charge in [-0.05, 0) is 24.8 Å². The van der Waals surface area contributed by atoms with Crippen LogP contribution in [0.2, 0.25) is 0 Å². The van der Waals surface area contributed by atoms with E-state index in [4.69, 9.17) is 0 Å². The Labute approximate surface area is 61.3 Å². The maximum atomic E-state index is 10.7. The average molecular weight is 139 g/mol. The summed E-state index contributed by atoms with van der Waals surface area (Å²) in [5, 5.41) is 2.84. The molecule has 1 amide bonds. The summed E-state index contributed by atoms with van der Waals surface area (Å²) in [6.07, 6.45) is 3.57. The van der Waals surface area contributed by atoms with Crippen LogP contribution in [0.4, 0.5) is 0 Å². The van der Waals surface area contributed by atoms with Crippen LogP contribution in [0.25, 0.3) is 0 Å². The number of rotatable bonds is 2. The van der Waals surface area contributed by atoms with Crippen molar-refractivity contribution in [2.75, 3.05) is 0 Å². The molecule has 0 aromatic carbocycles. The summed E-state index contributed by atoms with van der Waals surface area (Å²) in [5.41, 5.74) is 0. The Morgan fingerprint density at radius 1 is 1.70 bits per heavy atom. The van der Waals surface area contributed by atoms with E-state index in [1.54, 1.807) is 0 Å². The lowest BCUT2D eigenvalue weighted by molar-refractivity contribution is -0.117. The minimum Gasteiger partial charge on any atom is -0.350 e. The molecule has 0 saturated heterocycles. The molecule has 0 atom stereocenters. The van der Waals surface area contributed by atoms with Gasteiger partial charge in [0.15, 0.2) is 0 Å². The third kappa shape index (κ3) is 1.59. The van der Waals surface area contributed by atoms with Gasteiger partial charge in [0.05, 0.1) is 0 Å². The van der Waals surface area contributed by atoms with E-state index >= 15 is 0 Å². The third-order valence-corrected chi connectivity index (χ3v) is 1.91. The molecular formula is C8H13NO. The monoisotopic (exact) mass is 139 g/mol. The van der Waals surface area contributed by atoms with Crippen LogP contribution in [-0.2, 0) is 4.79 Å². The van der Waals surface area contributed by atoms with E-state index in [9.17, 15) is 4.79 Å². The summed E-state index contributed by atoms with van der Waals surface area (Å²) >= 11 is 0. The number of hydrogen-bond donors (Lipinski definition) is 1. The van der Waals surface area contributed by atoms with E-state index in [1.807, 2.05) is 0 Å². The van der Waals surface area contributed by atoms with Crippen molar-refractivity contribution in [2.24, 2.45) is 5.92 Å². The van der Waals surface area contributed by atoms with E-state index in [1.165, 1.54) is 6.08 Å². The third-order valence-electron chi connectivity index (χ3n) is 1.91. The largest absolute Gasteiger partial charge is 0.350 e. The fourth-order valence-corrected chi connectivity index (χ4v) is 1.28. The lowest BCUT2D eigenvalue weighted by atomic mass is 9.82. The van der Waals surface area contributed by atoms with Gasteiger partial charge in [-0.2, -0.15) is 0 Å². The minimum absolute atomic E-state index is 0.0445. The minimum atomic E-state index is -0.0445. The van der Waals surface area contributed by atoms with E-state index in [0.717, 1.165) is 18.8 Å². The zero-order chi connectivity index (χ0) is 7.56. The Morgan fingerprint density at radius 2 is 2.30 bits per heavy atom. The molecule has 1 aliphatic carbocycles. The lowest BCUT2D eigenvalue weighted by Crippen LogP contribution is -2.42. The first-order valence-corrected chi connectivity index (χ1v) is 3.65. The van der Waals surface area contributed by atoms with Gasteiger partial charge in [-0.1, -0.05) is 13.5 Å². The molecule has 0 unspecified atom stereocenters. The van der Waals surface area contributed by atoms with Crippen molar-refractivity contribution < 1.29 is 4.79 Å². The van der Waals surface area contributed by atoms with Crippen LogP contribution >= 0.6 is 0 Å². The molecule has 1 saturated carbocycles. The number of carbonyl (C=O) groups excluding carboxylic acids is 1. The first-order chi connectivity index (χ1) is 4.72. The SMILES string of the molecule is C=CC(=O)N[C@H]1C[C@@H](C)C1. The van der Waals surface area contributed by atoms with Crippen molar-refractivity contribution in [3.8, 4) is 0 Å². The van der Waals surface area contributed by atoms with Crippen LogP contribution < -0.4 is 5.32 Å². The van der Waals surface area contributed by atoms with Gasteiger partial charge >= 0.3 is 0 Å². The van der Waals surface area contributed by atoms with Crippen LogP contribution in [0.1, 0.15) is 19.8 Å². The highest BCUT2D eigenvalue weighted by Crippen LogP contribution is 2.25. The Balaban J connectivity index is 2.16. The molecule has 1 aliphatic rings. The van der Waals surface area contributed by atoms with Gasteiger partial charge in [0.1, 0.15) is 0 Å². The van der Waals surface area contributed by atoms with Crippen molar-refractivity contribution in [1.29, 1.82) is 0 Å². The number of amides is 1. The molecular weight excluding hydrogens is 126 g/mol. The normalized spacial score (nSPS) is 30.5. The molecule has 1 N–H and O–H groups in total. The summed E-state index contributed by atoms with van der Waals surface area (Å²) in [6, 6.07) is 0.417. The summed E-state index contributed by atoms with van der Waals surface area (Å²) in [7, 11) is 0. The first kappa shape index (κ1) is 7.32. The van der Waals surface area contributed by atoms with E-state index in [-0.39, 0.29) is 5.91 Å². The lowest BCUT2D eigenvalue weighted by Gasteiger charge is -2.32. The molecule has 10 heavy (non-hydrogen) atoms. The summed E-state index contributed by atoms with van der Waals surface area (Å²) in [4.78, 5) is 10.7. The van der Waals surface area contributed by atoms with Crippen LogP contribution in [0.15, 0.2) is 12.7 Å². The van der Waals surface area contributed by atoms with Gasteiger partial charge < -0.3 is 5.32 Å². The van der Waals surface area contributed by atoms with E-state index in [0.29, 0.717) is 6.04 Å². The second-order valence-corrected chi connectivity index (χ2v) is 2.99. The molecule has 0 spiro atoms. The number of carbonyl (C=O) groups is 1. The molecule has 0 bridgehead atoms. The maximum Gasteiger partial charge on any atom is 0.243 e. The smallest absolute Gasteiger partial charge is 0.243 e. The number of nitrogens with one attached hydrogen (secondary N) is 1. The van der Waals surface area contributed by atoms with Crippen LogP contribution in [-0.4, -0.2) is 11.9 Å². The van der Waals surface area contributed by atoms with Gasteiger partial charge in [0.2, 0.25) is 5.91 Å². The second kappa shape index (κ2) is 2.86.